The smallest absolute Gasteiger partial charge is 0.233 e. The van der Waals surface area contributed by atoms with Gasteiger partial charge in [0, 0.05) is 42.5 Å². The van der Waals surface area contributed by atoms with E-state index in [1.165, 1.54) is 0 Å². The van der Waals surface area contributed by atoms with Crippen molar-refractivity contribution in [3.8, 4) is 5.69 Å². The Labute approximate surface area is 259 Å². The minimum Gasteiger partial charge on any atom is -0.378 e. The number of aromatic nitrogens is 5. The van der Waals surface area contributed by atoms with Crippen LogP contribution in [0.15, 0.2) is 48.5 Å². The Morgan fingerprint density at radius 2 is 1.56 bits per heavy atom. The molecule has 1 unspecified atom stereocenters. The number of rotatable bonds is 6. The van der Waals surface area contributed by atoms with Crippen LogP contribution in [-0.2, 0) is 9.47 Å². The summed E-state index contributed by atoms with van der Waals surface area (Å²) in [5, 5.41) is 16.1. The van der Waals surface area contributed by atoms with Gasteiger partial charge < -0.3 is 35.2 Å². The van der Waals surface area contributed by atoms with Crippen LogP contribution in [0.3, 0.4) is 0 Å². The summed E-state index contributed by atoms with van der Waals surface area (Å²) in [6.45, 7) is 7.53. The molecule has 0 amide bonds. The Bertz CT molecular complexity index is 1600. The van der Waals surface area contributed by atoms with Crippen LogP contribution in [0.5, 0.6) is 0 Å². The molecule has 2 aromatic carbocycles. The molecule has 2 aromatic heterocycles. The molecule has 7 rings (SSSR count). The van der Waals surface area contributed by atoms with E-state index < -0.39 is 0 Å². The van der Waals surface area contributed by atoms with Crippen molar-refractivity contribution < 1.29 is 9.47 Å². The quantitative estimate of drug-likeness (QED) is 0.273. The molecular weight excluding hydrogens is 588 g/mol. The highest BCUT2D eigenvalue weighted by Crippen LogP contribution is 2.36. The fraction of sp³-hybridized carbons (Fsp3) is 0.345. The second-order valence-corrected chi connectivity index (χ2v) is 11.3. The average Bonchev–Trinajstić information content (AvgIpc) is 3.37. The highest BCUT2D eigenvalue weighted by molar-refractivity contribution is 7.80. The lowest BCUT2D eigenvalue weighted by Crippen LogP contribution is -2.40. The molecule has 0 spiro atoms. The number of benzene rings is 2. The van der Waals surface area contributed by atoms with Crippen molar-refractivity contribution in [2.45, 2.75) is 13.0 Å². The van der Waals surface area contributed by atoms with Crippen LogP contribution in [0.4, 0.5) is 29.4 Å². The summed E-state index contributed by atoms with van der Waals surface area (Å²) in [5.41, 5.74) is 4.66. The molecule has 14 heteroatoms. The van der Waals surface area contributed by atoms with E-state index in [4.69, 9.17) is 53.3 Å². The largest absolute Gasteiger partial charge is 0.378 e. The average molecular weight is 619 g/mol. The normalized spacial score (nSPS) is 18.6. The van der Waals surface area contributed by atoms with Gasteiger partial charge in [-0.1, -0.05) is 23.7 Å². The Morgan fingerprint density at radius 3 is 2.19 bits per heavy atom. The molecule has 2 fully saturated rings. The Balaban J connectivity index is 1.17. The first-order valence-electron chi connectivity index (χ1n) is 14.2. The number of hydrogen-bond donors (Lipinski definition) is 3. The molecule has 12 nitrogen and oxygen atoms in total. The van der Waals surface area contributed by atoms with Crippen LogP contribution in [-0.4, -0.2) is 82.5 Å². The maximum Gasteiger partial charge on any atom is 0.233 e. The van der Waals surface area contributed by atoms with Gasteiger partial charge in [0.15, 0.2) is 5.11 Å². The Hall–Kier alpha value is -4.04. The van der Waals surface area contributed by atoms with E-state index in [-0.39, 0.29) is 6.04 Å². The Morgan fingerprint density at radius 1 is 0.907 bits per heavy atom. The number of fused-ring (bicyclic) bond motifs is 1. The number of aryl methyl sites for hydroxylation is 1. The van der Waals surface area contributed by atoms with Crippen molar-refractivity contribution >= 4 is 58.3 Å². The highest BCUT2D eigenvalue weighted by Gasteiger charge is 2.31. The molecule has 0 aliphatic carbocycles. The summed E-state index contributed by atoms with van der Waals surface area (Å²) in [6, 6.07) is 15.6. The maximum absolute atomic E-state index is 6.31. The first-order chi connectivity index (χ1) is 21.0. The lowest BCUT2D eigenvalue weighted by atomic mass is 9.97. The van der Waals surface area contributed by atoms with Crippen LogP contribution < -0.4 is 25.8 Å². The summed E-state index contributed by atoms with van der Waals surface area (Å²) < 4.78 is 13.0. The molecule has 0 saturated carbocycles. The third-order valence-corrected chi connectivity index (χ3v) is 8.11. The van der Waals surface area contributed by atoms with Gasteiger partial charge in [-0.2, -0.15) is 20.1 Å². The predicted molar refractivity (Wildman–Crippen MR) is 170 cm³/mol. The fourth-order valence-electron chi connectivity index (χ4n) is 5.51. The summed E-state index contributed by atoms with van der Waals surface area (Å²) in [5.74, 6) is 2.60. The highest BCUT2D eigenvalue weighted by atomic mass is 35.5. The molecule has 222 valence electrons. The van der Waals surface area contributed by atoms with Gasteiger partial charge in [-0.25, -0.2) is 4.68 Å². The topological polar surface area (TPSA) is 118 Å². The summed E-state index contributed by atoms with van der Waals surface area (Å²) >= 11 is 11.9. The minimum atomic E-state index is -0.165. The van der Waals surface area contributed by atoms with Gasteiger partial charge >= 0.3 is 0 Å². The number of hydrogen-bond acceptors (Lipinski definition) is 10. The predicted octanol–water partition coefficient (Wildman–Crippen LogP) is 3.83. The van der Waals surface area contributed by atoms with Crippen LogP contribution in [0.25, 0.3) is 5.69 Å². The second-order valence-electron chi connectivity index (χ2n) is 10.5. The van der Waals surface area contributed by atoms with Crippen molar-refractivity contribution in [3.63, 3.8) is 0 Å². The van der Waals surface area contributed by atoms with Gasteiger partial charge in [0.25, 0.3) is 0 Å². The summed E-state index contributed by atoms with van der Waals surface area (Å²) in [6.07, 6.45) is 0. The lowest BCUT2D eigenvalue weighted by molar-refractivity contribution is 0.121. The maximum atomic E-state index is 6.31. The van der Waals surface area contributed by atoms with Crippen molar-refractivity contribution in [1.29, 1.82) is 0 Å². The van der Waals surface area contributed by atoms with Gasteiger partial charge in [-0.05, 0) is 61.1 Å². The molecule has 3 aliphatic rings. The number of nitrogens with one attached hydrogen (secondary N) is 3. The van der Waals surface area contributed by atoms with Crippen LogP contribution >= 0.6 is 23.8 Å². The zero-order valence-electron chi connectivity index (χ0n) is 23.6. The van der Waals surface area contributed by atoms with E-state index >= 15 is 0 Å². The number of thiocarbonyl (C=S) groups is 1. The van der Waals surface area contributed by atoms with Crippen molar-refractivity contribution in [2.75, 3.05) is 73.0 Å². The zero-order valence-corrected chi connectivity index (χ0v) is 25.2. The van der Waals surface area contributed by atoms with E-state index in [1.54, 1.807) is 0 Å². The lowest BCUT2D eigenvalue weighted by Gasteiger charge is -2.30. The van der Waals surface area contributed by atoms with E-state index in [9.17, 15) is 0 Å². The standard InChI is InChI=1S/C29H31ClN10O2S/c1-18-23-24(19-3-2-4-20(30)17-19)32-29(43)33-25(23)40(37-18)22-7-5-21(6-8-22)31-26-34-27(38-9-13-41-14-10-38)36-28(35-26)39-11-15-42-16-12-39/h2-8,17,24H,9-16H2,1H3,(H2,32,33,43)(H,31,34,35,36). The molecule has 5 heterocycles. The van der Waals surface area contributed by atoms with E-state index in [2.05, 4.69) is 25.8 Å². The third-order valence-electron chi connectivity index (χ3n) is 7.65. The summed E-state index contributed by atoms with van der Waals surface area (Å²) in [7, 11) is 0. The van der Waals surface area contributed by atoms with Crippen LogP contribution in [0.1, 0.15) is 22.9 Å². The second kappa shape index (κ2) is 11.9. The van der Waals surface area contributed by atoms with E-state index in [0.29, 0.717) is 54.4 Å². The van der Waals surface area contributed by atoms with Crippen molar-refractivity contribution in [1.82, 2.24) is 30.0 Å². The van der Waals surface area contributed by atoms with Crippen molar-refractivity contribution in [2.24, 2.45) is 0 Å². The first-order valence-corrected chi connectivity index (χ1v) is 15.0. The molecule has 0 radical (unpaired) electrons. The van der Waals surface area contributed by atoms with Gasteiger partial charge in [-0.15, -0.1) is 0 Å². The van der Waals surface area contributed by atoms with Gasteiger partial charge in [-0.3, -0.25) is 0 Å². The molecule has 43 heavy (non-hydrogen) atoms. The molecule has 0 bridgehead atoms. The van der Waals surface area contributed by atoms with Gasteiger partial charge in [0.1, 0.15) is 5.82 Å². The zero-order chi connectivity index (χ0) is 29.3. The Kier molecular flexibility index (Phi) is 7.70. The van der Waals surface area contributed by atoms with Gasteiger partial charge in [0.05, 0.1) is 43.9 Å². The third kappa shape index (κ3) is 5.80. The molecular formula is C29H31ClN10O2S. The SMILES string of the molecule is Cc1nn(-c2ccc(Nc3nc(N4CCOCC4)nc(N4CCOCC4)n3)cc2)c2c1C(c1cccc(Cl)c1)NC(=S)N2. The molecule has 4 aromatic rings. The fourth-order valence-corrected chi connectivity index (χ4v) is 5.92. The number of nitrogens with zero attached hydrogens (tertiary/aromatic N) is 7. The minimum absolute atomic E-state index is 0.165. The van der Waals surface area contributed by atoms with E-state index in [0.717, 1.165) is 60.2 Å². The van der Waals surface area contributed by atoms with Crippen LogP contribution in [0.2, 0.25) is 5.02 Å². The van der Waals surface area contributed by atoms with E-state index in [1.807, 2.05) is 60.1 Å². The van der Waals surface area contributed by atoms with Gasteiger partial charge in [0.2, 0.25) is 17.8 Å². The summed E-state index contributed by atoms with van der Waals surface area (Å²) in [4.78, 5) is 18.6. The number of halogens is 1. The monoisotopic (exact) mass is 618 g/mol. The first kappa shape index (κ1) is 27.8. The number of anilines is 5. The molecule has 2 saturated heterocycles. The number of ether oxygens (including phenoxy) is 2. The van der Waals surface area contributed by atoms with Crippen molar-refractivity contribution in [3.05, 3.63) is 70.4 Å². The number of morpholine rings is 2. The molecule has 3 aliphatic heterocycles. The molecule has 3 N–H and O–H groups in total. The molecule has 1 atom stereocenters. The van der Waals surface area contributed by atoms with Crippen LogP contribution in [0, 0.1) is 6.92 Å².